The molecule has 0 fully saturated rings. The molecule has 1 amide bonds. The van der Waals surface area contributed by atoms with Gasteiger partial charge in [0, 0.05) is 12.4 Å². The van der Waals surface area contributed by atoms with E-state index in [2.05, 4.69) is 15.3 Å². The first-order chi connectivity index (χ1) is 6.24. The van der Waals surface area contributed by atoms with Crippen LogP contribution in [-0.4, -0.2) is 21.9 Å². The Labute approximate surface area is 76.4 Å². The number of primary amides is 1. The van der Waals surface area contributed by atoms with Crippen LogP contribution in [0.5, 0.6) is 0 Å². The Bertz CT molecular complexity index is 275. The zero-order valence-corrected chi connectivity index (χ0v) is 7.40. The van der Waals surface area contributed by atoms with E-state index in [-0.39, 0.29) is 0 Å². The lowest BCUT2D eigenvalue weighted by Gasteiger charge is -2.11. The Morgan fingerprint density at radius 2 is 2.23 bits per heavy atom. The summed E-state index contributed by atoms with van der Waals surface area (Å²) in [5.41, 5.74) is 5.14. The fraction of sp³-hybridized carbons (Fsp3) is 0.375. The molecule has 1 aromatic heterocycles. The quantitative estimate of drug-likeness (QED) is 0.691. The number of nitrogens with one attached hydrogen (secondary N) is 1. The van der Waals surface area contributed by atoms with Gasteiger partial charge in [-0.1, -0.05) is 6.92 Å². The molecule has 13 heavy (non-hydrogen) atoms. The molecule has 0 aliphatic heterocycles. The molecule has 5 heteroatoms. The summed E-state index contributed by atoms with van der Waals surface area (Å²) in [5, 5.41) is 2.83. The predicted molar refractivity (Wildman–Crippen MR) is 48.9 cm³/mol. The molecular formula is C8H12N4O. The summed E-state index contributed by atoms with van der Waals surface area (Å²) in [4.78, 5) is 18.7. The minimum absolute atomic E-state index is 0.394. The lowest BCUT2D eigenvalue weighted by Crippen LogP contribution is -2.35. The lowest BCUT2D eigenvalue weighted by molar-refractivity contribution is -0.118. The first kappa shape index (κ1) is 9.44. The topological polar surface area (TPSA) is 80.9 Å². The van der Waals surface area contributed by atoms with Crippen LogP contribution >= 0.6 is 0 Å². The second-order valence-corrected chi connectivity index (χ2v) is 2.58. The van der Waals surface area contributed by atoms with E-state index in [0.717, 1.165) is 0 Å². The molecule has 0 aliphatic carbocycles. The third kappa shape index (κ3) is 2.70. The number of anilines is 1. The molecule has 1 rings (SSSR count). The Balaban J connectivity index is 2.62. The van der Waals surface area contributed by atoms with Gasteiger partial charge in [-0.05, 0) is 12.5 Å². The fourth-order valence-electron chi connectivity index (χ4n) is 0.904. The van der Waals surface area contributed by atoms with Crippen LogP contribution in [0.25, 0.3) is 0 Å². The van der Waals surface area contributed by atoms with Crippen molar-refractivity contribution in [1.82, 2.24) is 9.97 Å². The predicted octanol–water partition coefficient (Wildman–Crippen LogP) is 0.152. The summed E-state index contributed by atoms with van der Waals surface area (Å²) >= 11 is 0. The van der Waals surface area contributed by atoms with E-state index in [1.807, 2.05) is 6.92 Å². The van der Waals surface area contributed by atoms with E-state index < -0.39 is 11.9 Å². The maximum atomic E-state index is 10.8. The average molecular weight is 180 g/mol. The van der Waals surface area contributed by atoms with Gasteiger partial charge in [0.15, 0.2) is 0 Å². The van der Waals surface area contributed by atoms with Crippen LogP contribution in [0.2, 0.25) is 0 Å². The molecule has 0 bridgehead atoms. The number of nitrogens with two attached hydrogens (primary N) is 1. The van der Waals surface area contributed by atoms with E-state index in [1.54, 1.807) is 18.5 Å². The molecule has 0 aliphatic rings. The van der Waals surface area contributed by atoms with Gasteiger partial charge in [-0.15, -0.1) is 0 Å². The van der Waals surface area contributed by atoms with Crippen LogP contribution in [-0.2, 0) is 4.79 Å². The molecular weight excluding hydrogens is 168 g/mol. The van der Waals surface area contributed by atoms with Gasteiger partial charge in [0.2, 0.25) is 11.9 Å². The van der Waals surface area contributed by atoms with Gasteiger partial charge >= 0.3 is 0 Å². The van der Waals surface area contributed by atoms with Crippen LogP contribution in [0.15, 0.2) is 18.5 Å². The molecule has 0 saturated heterocycles. The highest BCUT2D eigenvalue weighted by Gasteiger charge is 2.12. The van der Waals surface area contributed by atoms with Crippen molar-refractivity contribution in [3.8, 4) is 0 Å². The van der Waals surface area contributed by atoms with Crippen molar-refractivity contribution in [3.05, 3.63) is 18.5 Å². The van der Waals surface area contributed by atoms with Gasteiger partial charge in [-0.3, -0.25) is 4.79 Å². The van der Waals surface area contributed by atoms with Gasteiger partial charge in [0.25, 0.3) is 0 Å². The molecule has 1 atom stereocenters. The maximum absolute atomic E-state index is 10.8. The SMILES string of the molecule is CCC(Nc1ncccn1)C(N)=O. The summed E-state index contributed by atoms with van der Waals surface area (Å²) in [6.07, 6.45) is 3.82. The molecule has 0 aromatic carbocycles. The fourth-order valence-corrected chi connectivity index (χ4v) is 0.904. The van der Waals surface area contributed by atoms with Gasteiger partial charge in [-0.2, -0.15) is 0 Å². The number of carbonyl (C=O) groups is 1. The number of amides is 1. The van der Waals surface area contributed by atoms with E-state index in [0.29, 0.717) is 12.4 Å². The molecule has 1 aromatic rings. The second-order valence-electron chi connectivity index (χ2n) is 2.58. The highest BCUT2D eigenvalue weighted by atomic mass is 16.1. The van der Waals surface area contributed by atoms with Crippen molar-refractivity contribution in [1.29, 1.82) is 0 Å². The maximum Gasteiger partial charge on any atom is 0.239 e. The average Bonchev–Trinajstić information content (AvgIpc) is 2.15. The van der Waals surface area contributed by atoms with Crippen molar-refractivity contribution in [3.63, 3.8) is 0 Å². The number of hydrogen-bond donors (Lipinski definition) is 2. The summed E-state index contributed by atoms with van der Waals surface area (Å²) in [5.74, 6) is 0.0307. The molecule has 3 N–H and O–H groups in total. The summed E-state index contributed by atoms with van der Waals surface area (Å²) < 4.78 is 0. The number of rotatable bonds is 4. The molecule has 70 valence electrons. The smallest absolute Gasteiger partial charge is 0.239 e. The zero-order valence-electron chi connectivity index (χ0n) is 7.40. The van der Waals surface area contributed by atoms with Gasteiger partial charge in [0.1, 0.15) is 6.04 Å². The third-order valence-corrected chi connectivity index (χ3v) is 1.62. The molecule has 0 saturated carbocycles. The number of aromatic nitrogens is 2. The van der Waals surface area contributed by atoms with Crippen LogP contribution in [0, 0.1) is 0 Å². The third-order valence-electron chi connectivity index (χ3n) is 1.62. The molecule has 1 heterocycles. The van der Waals surface area contributed by atoms with E-state index in [1.165, 1.54) is 0 Å². The summed E-state index contributed by atoms with van der Waals surface area (Å²) in [6, 6.07) is 1.30. The van der Waals surface area contributed by atoms with E-state index in [4.69, 9.17) is 5.73 Å². The first-order valence-corrected chi connectivity index (χ1v) is 4.07. The van der Waals surface area contributed by atoms with Crippen LogP contribution in [0.3, 0.4) is 0 Å². The highest BCUT2D eigenvalue weighted by Crippen LogP contribution is 2.00. The zero-order chi connectivity index (χ0) is 9.68. The van der Waals surface area contributed by atoms with Crippen LogP contribution in [0.4, 0.5) is 5.95 Å². The van der Waals surface area contributed by atoms with Gasteiger partial charge in [0.05, 0.1) is 0 Å². The summed E-state index contributed by atoms with van der Waals surface area (Å²) in [7, 11) is 0. The normalized spacial score (nSPS) is 12.1. The lowest BCUT2D eigenvalue weighted by atomic mass is 10.2. The Morgan fingerprint density at radius 1 is 1.62 bits per heavy atom. The number of carbonyl (C=O) groups excluding carboxylic acids is 1. The van der Waals surface area contributed by atoms with Crippen molar-refractivity contribution in [2.24, 2.45) is 5.73 Å². The van der Waals surface area contributed by atoms with E-state index >= 15 is 0 Å². The van der Waals surface area contributed by atoms with Crippen LogP contribution < -0.4 is 11.1 Å². The van der Waals surface area contributed by atoms with Gasteiger partial charge in [-0.25, -0.2) is 9.97 Å². The second kappa shape index (κ2) is 4.39. The molecule has 0 radical (unpaired) electrons. The Morgan fingerprint density at radius 3 is 2.69 bits per heavy atom. The monoisotopic (exact) mass is 180 g/mol. The van der Waals surface area contributed by atoms with Crippen molar-refractivity contribution in [2.75, 3.05) is 5.32 Å². The van der Waals surface area contributed by atoms with Crippen molar-refractivity contribution < 1.29 is 4.79 Å². The highest BCUT2D eigenvalue weighted by molar-refractivity contribution is 5.82. The largest absolute Gasteiger partial charge is 0.368 e. The van der Waals surface area contributed by atoms with Crippen molar-refractivity contribution in [2.45, 2.75) is 19.4 Å². The number of nitrogens with zero attached hydrogens (tertiary/aromatic N) is 2. The van der Waals surface area contributed by atoms with E-state index in [9.17, 15) is 4.79 Å². The molecule has 1 unspecified atom stereocenters. The summed E-state index contributed by atoms with van der Waals surface area (Å²) in [6.45, 7) is 1.87. The first-order valence-electron chi connectivity index (χ1n) is 4.07. The Kier molecular flexibility index (Phi) is 3.19. The minimum Gasteiger partial charge on any atom is -0.368 e. The minimum atomic E-state index is -0.401. The van der Waals surface area contributed by atoms with Gasteiger partial charge < -0.3 is 11.1 Å². The van der Waals surface area contributed by atoms with Crippen LogP contribution in [0.1, 0.15) is 13.3 Å². The standard InChI is InChI=1S/C8H12N4O/c1-2-6(7(9)13)12-8-10-4-3-5-11-8/h3-6H,2H2,1H3,(H2,9,13)(H,10,11,12). The Hall–Kier alpha value is -1.65. The molecule has 5 nitrogen and oxygen atoms in total. The molecule has 0 spiro atoms. The number of hydrogen-bond acceptors (Lipinski definition) is 4. The van der Waals surface area contributed by atoms with Crippen molar-refractivity contribution >= 4 is 11.9 Å².